The minimum atomic E-state index is -0.455. The molecule has 0 aliphatic heterocycles. The highest BCUT2D eigenvalue weighted by Crippen LogP contribution is 2.15. The van der Waals surface area contributed by atoms with Crippen molar-refractivity contribution in [3.8, 4) is 0 Å². The average Bonchev–Trinajstić information content (AvgIpc) is 2.49. The Kier molecular flexibility index (Phi) is 4.81. The van der Waals surface area contributed by atoms with Gasteiger partial charge in [0, 0.05) is 24.7 Å². The van der Waals surface area contributed by atoms with E-state index in [1.165, 1.54) is 19.1 Å². The van der Waals surface area contributed by atoms with Gasteiger partial charge in [-0.15, -0.1) is 0 Å². The fraction of sp³-hybridized carbons (Fsp3) is 0.0667. The highest BCUT2D eigenvalue weighted by atomic mass is 16.6. The minimum Gasteiger partial charge on any atom is -0.326 e. The summed E-state index contributed by atoms with van der Waals surface area (Å²) in [5, 5.41) is 17.3. The molecular weight excluding hydrogens is 284 g/mol. The first-order valence-electron chi connectivity index (χ1n) is 6.46. The van der Waals surface area contributed by atoms with Crippen LogP contribution in [0.2, 0.25) is 0 Å². The van der Waals surface area contributed by atoms with E-state index in [2.05, 4.69) is 15.8 Å². The Labute approximate surface area is 126 Å². The number of hydrazone groups is 1. The van der Waals surface area contributed by atoms with Gasteiger partial charge in [-0.25, -0.2) is 0 Å². The summed E-state index contributed by atoms with van der Waals surface area (Å²) >= 11 is 0. The van der Waals surface area contributed by atoms with E-state index in [0.29, 0.717) is 11.4 Å². The molecule has 1 amide bonds. The lowest BCUT2D eigenvalue weighted by Crippen LogP contribution is -2.05. The first-order chi connectivity index (χ1) is 10.5. The van der Waals surface area contributed by atoms with E-state index in [9.17, 15) is 14.9 Å². The molecule has 2 N–H and O–H groups in total. The van der Waals surface area contributed by atoms with Gasteiger partial charge in [-0.05, 0) is 29.8 Å². The molecule has 0 aromatic heterocycles. The molecule has 0 bridgehead atoms. The highest BCUT2D eigenvalue weighted by molar-refractivity contribution is 5.89. The van der Waals surface area contributed by atoms with Gasteiger partial charge in [-0.1, -0.05) is 12.1 Å². The van der Waals surface area contributed by atoms with Gasteiger partial charge in [0.1, 0.15) is 0 Å². The van der Waals surface area contributed by atoms with Gasteiger partial charge in [-0.2, -0.15) is 5.10 Å². The van der Waals surface area contributed by atoms with Gasteiger partial charge < -0.3 is 5.32 Å². The SMILES string of the molecule is CC(=O)Nc1ccc(/C=N/Nc2ccc([N+](=O)[O-])cc2)cc1. The molecule has 2 rings (SSSR count). The van der Waals surface area contributed by atoms with Crippen LogP contribution in [0.15, 0.2) is 53.6 Å². The molecule has 7 heteroatoms. The van der Waals surface area contributed by atoms with Crippen LogP contribution >= 0.6 is 0 Å². The van der Waals surface area contributed by atoms with Crippen molar-refractivity contribution in [1.29, 1.82) is 0 Å². The maximum Gasteiger partial charge on any atom is 0.269 e. The Hall–Kier alpha value is -3.22. The number of hydrogen-bond donors (Lipinski definition) is 2. The summed E-state index contributed by atoms with van der Waals surface area (Å²) in [5.41, 5.74) is 5.03. The van der Waals surface area contributed by atoms with Gasteiger partial charge in [0.15, 0.2) is 0 Å². The number of benzene rings is 2. The van der Waals surface area contributed by atoms with Crippen LogP contribution in [0.5, 0.6) is 0 Å². The second kappa shape index (κ2) is 6.98. The van der Waals surface area contributed by atoms with Crippen LogP contribution in [0, 0.1) is 10.1 Å². The second-order valence-electron chi connectivity index (χ2n) is 4.48. The van der Waals surface area contributed by atoms with Crippen molar-refractivity contribution in [2.75, 3.05) is 10.7 Å². The monoisotopic (exact) mass is 298 g/mol. The van der Waals surface area contributed by atoms with Crippen LogP contribution in [-0.2, 0) is 4.79 Å². The average molecular weight is 298 g/mol. The number of amides is 1. The number of nitrogens with zero attached hydrogens (tertiary/aromatic N) is 2. The number of non-ortho nitro benzene ring substituents is 1. The Morgan fingerprint density at radius 1 is 1.09 bits per heavy atom. The van der Waals surface area contributed by atoms with Crippen molar-refractivity contribution in [3.63, 3.8) is 0 Å². The molecule has 112 valence electrons. The molecule has 2 aromatic carbocycles. The quantitative estimate of drug-likeness (QED) is 0.503. The zero-order valence-electron chi connectivity index (χ0n) is 11.8. The van der Waals surface area contributed by atoms with E-state index < -0.39 is 4.92 Å². The third kappa shape index (κ3) is 4.41. The summed E-state index contributed by atoms with van der Waals surface area (Å²) in [6.45, 7) is 1.45. The van der Waals surface area contributed by atoms with Gasteiger partial charge in [-0.3, -0.25) is 20.3 Å². The molecule has 0 aliphatic rings. The van der Waals surface area contributed by atoms with Crippen molar-refractivity contribution in [3.05, 3.63) is 64.2 Å². The number of rotatable bonds is 5. The minimum absolute atomic E-state index is 0.0306. The van der Waals surface area contributed by atoms with Crippen LogP contribution in [-0.4, -0.2) is 17.0 Å². The van der Waals surface area contributed by atoms with E-state index in [0.717, 1.165) is 5.56 Å². The predicted octanol–water partition coefficient (Wildman–Crippen LogP) is 3.00. The molecule has 0 saturated carbocycles. The van der Waals surface area contributed by atoms with Crippen LogP contribution in [0.25, 0.3) is 0 Å². The third-order valence-corrected chi connectivity index (χ3v) is 2.72. The zero-order valence-corrected chi connectivity index (χ0v) is 11.8. The summed E-state index contributed by atoms with van der Waals surface area (Å²) < 4.78 is 0. The molecular formula is C15H14N4O3. The standard InChI is InChI=1S/C15H14N4O3/c1-11(20)17-13-4-2-12(3-5-13)10-16-18-14-6-8-15(9-7-14)19(21)22/h2-10,18H,1H3,(H,17,20)/b16-10+. The van der Waals surface area contributed by atoms with Crippen molar-refractivity contribution in [1.82, 2.24) is 0 Å². The van der Waals surface area contributed by atoms with Crippen LogP contribution in [0.4, 0.5) is 17.1 Å². The van der Waals surface area contributed by atoms with Crippen LogP contribution in [0.3, 0.4) is 0 Å². The van der Waals surface area contributed by atoms with Crippen LogP contribution in [0.1, 0.15) is 12.5 Å². The van der Waals surface area contributed by atoms with E-state index >= 15 is 0 Å². The lowest BCUT2D eigenvalue weighted by molar-refractivity contribution is -0.384. The van der Waals surface area contributed by atoms with E-state index in [1.807, 2.05) is 12.1 Å². The zero-order chi connectivity index (χ0) is 15.9. The van der Waals surface area contributed by atoms with Gasteiger partial charge in [0.2, 0.25) is 5.91 Å². The van der Waals surface area contributed by atoms with Crippen molar-refractivity contribution in [2.24, 2.45) is 5.10 Å². The molecule has 2 aromatic rings. The van der Waals surface area contributed by atoms with Crippen molar-refractivity contribution in [2.45, 2.75) is 6.92 Å². The summed E-state index contributed by atoms with van der Waals surface area (Å²) in [6, 6.07) is 13.1. The molecule has 0 aliphatic carbocycles. The summed E-state index contributed by atoms with van der Waals surface area (Å²) in [7, 11) is 0. The Morgan fingerprint density at radius 3 is 2.23 bits per heavy atom. The topological polar surface area (TPSA) is 96.6 Å². The van der Waals surface area contributed by atoms with Gasteiger partial charge in [0.05, 0.1) is 16.8 Å². The molecule has 0 unspecified atom stereocenters. The normalized spacial score (nSPS) is 10.4. The number of hydrogen-bond acceptors (Lipinski definition) is 5. The Bertz CT molecular complexity index is 694. The van der Waals surface area contributed by atoms with E-state index in [-0.39, 0.29) is 11.6 Å². The fourth-order valence-corrected chi connectivity index (χ4v) is 1.69. The van der Waals surface area contributed by atoms with Crippen molar-refractivity contribution >= 4 is 29.2 Å². The Morgan fingerprint density at radius 2 is 1.68 bits per heavy atom. The van der Waals surface area contributed by atoms with Gasteiger partial charge >= 0.3 is 0 Å². The first kappa shape index (κ1) is 15.2. The molecule has 0 spiro atoms. The molecule has 0 saturated heterocycles. The second-order valence-corrected chi connectivity index (χ2v) is 4.48. The molecule has 0 radical (unpaired) electrons. The summed E-state index contributed by atoms with van der Waals surface area (Å²) in [5.74, 6) is -0.124. The maximum atomic E-state index is 10.9. The summed E-state index contributed by atoms with van der Waals surface area (Å²) in [4.78, 5) is 21.0. The lowest BCUT2D eigenvalue weighted by atomic mass is 10.2. The number of nitro benzene ring substituents is 1. The molecule has 0 fully saturated rings. The van der Waals surface area contributed by atoms with E-state index in [1.54, 1.807) is 30.5 Å². The lowest BCUT2D eigenvalue weighted by Gasteiger charge is -2.02. The van der Waals surface area contributed by atoms with Crippen LogP contribution < -0.4 is 10.7 Å². The fourth-order valence-electron chi connectivity index (χ4n) is 1.69. The number of carbonyl (C=O) groups excluding carboxylic acids is 1. The van der Waals surface area contributed by atoms with Gasteiger partial charge in [0.25, 0.3) is 5.69 Å². The molecule has 0 atom stereocenters. The maximum absolute atomic E-state index is 10.9. The first-order valence-corrected chi connectivity index (χ1v) is 6.46. The highest BCUT2D eigenvalue weighted by Gasteiger charge is 2.02. The number of nitrogens with one attached hydrogen (secondary N) is 2. The molecule has 0 heterocycles. The third-order valence-electron chi connectivity index (χ3n) is 2.72. The predicted molar refractivity (Wildman–Crippen MR) is 85.1 cm³/mol. The molecule has 7 nitrogen and oxygen atoms in total. The smallest absolute Gasteiger partial charge is 0.269 e. The van der Waals surface area contributed by atoms with E-state index in [4.69, 9.17) is 0 Å². The number of carbonyl (C=O) groups is 1. The number of anilines is 2. The Balaban J connectivity index is 1.94. The largest absolute Gasteiger partial charge is 0.326 e. The summed E-state index contributed by atoms with van der Waals surface area (Å²) in [6.07, 6.45) is 1.61. The van der Waals surface area contributed by atoms with Crippen molar-refractivity contribution < 1.29 is 9.72 Å². The molecule has 22 heavy (non-hydrogen) atoms. The number of nitro groups is 1.